The number of piperidine rings is 1. The van der Waals surface area contributed by atoms with Gasteiger partial charge in [0, 0.05) is 29.2 Å². The number of rotatable bonds is 6. The first kappa shape index (κ1) is 27.4. The molecule has 39 heavy (non-hydrogen) atoms. The van der Waals surface area contributed by atoms with E-state index in [-0.39, 0.29) is 34.9 Å². The number of benzene rings is 2. The summed E-state index contributed by atoms with van der Waals surface area (Å²) in [6.07, 6.45) is 6.82. The Morgan fingerprint density at radius 1 is 0.974 bits per heavy atom. The molecule has 0 spiro atoms. The van der Waals surface area contributed by atoms with Crippen LogP contribution >= 0.6 is 0 Å². The lowest BCUT2D eigenvalue weighted by Gasteiger charge is -2.53. The fourth-order valence-corrected chi connectivity index (χ4v) is 6.85. The van der Waals surface area contributed by atoms with Crippen LogP contribution < -0.4 is 5.32 Å². The number of aromatic nitrogens is 2. The van der Waals surface area contributed by atoms with Gasteiger partial charge in [-0.2, -0.15) is 0 Å². The maximum absolute atomic E-state index is 13.1. The molecular weight excluding hydrogens is 488 g/mol. The van der Waals surface area contributed by atoms with Gasteiger partial charge in [0.15, 0.2) is 0 Å². The minimum absolute atomic E-state index is 0.0671. The van der Waals surface area contributed by atoms with Gasteiger partial charge in [-0.3, -0.25) is 19.8 Å². The zero-order chi connectivity index (χ0) is 27.8. The lowest BCUT2D eigenvalue weighted by Crippen LogP contribution is -2.57. The second kappa shape index (κ2) is 10.8. The number of amides is 1. The zero-order valence-corrected chi connectivity index (χ0v) is 24.0. The highest BCUT2D eigenvalue weighted by Gasteiger charge is 2.41. The summed E-state index contributed by atoms with van der Waals surface area (Å²) >= 11 is 0. The predicted molar refractivity (Wildman–Crippen MR) is 155 cm³/mol. The van der Waals surface area contributed by atoms with E-state index in [4.69, 9.17) is 9.72 Å². The number of ether oxygens (including phenoxy) is 1. The van der Waals surface area contributed by atoms with Crippen molar-refractivity contribution in [3.05, 3.63) is 59.7 Å². The molecule has 208 valence electrons. The highest BCUT2D eigenvalue weighted by atomic mass is 16.5. The minimum Gasteiger partial charge on any atom is -0.469 e. The molecular formula is C32H42N4O3. The van der Waals surface area contributed by atoms with Crippen LogP contribution in [0.15, 0.2) is 48.5 Å². The molecule has 0 bridgehead atoms. The smallest absolute Gasteiger partial charge is 0.308 e. The Balaban J connectivity index is 1.50. The van der Waals surface area contributed by atoms with Crippen LogP contribution in [0.3, 0.4) is 0 Å². The van der Waals surface area contributed by atoms with Gasteiger partial charge in [-0.05, 0) is 102 Å². The minimum atomic E-state index is -0.174. The number of likely N-dealkylation sites (tertiary alicyclic amines) is 1. The highest BCUT2D eigenvalue weighted by molar-refractivity contribution is 6.04. The van der Waals surface area contributed by atoms with Crippen molar-refractivity contribution in [3.8, 4) is 0 Å². The van der Waals surface area contributed by atoms with Gasteiger partial charge >= 0.3 is 5.97 Å². The van der Waals surface area contributed by atoms with Gasteiger partial charge in [-0.1, -0.05) is 24.3 Å². The number of hydrogen-bond donors (Lipinski definition) is 1. The SMILES string of the molecule is COC(=O)[C@H]1CC[C@@H](n2c(NC(=O)c3ccccc3)nc3ccc(CN4C(C)(C)CCCC4(C)C)cc32)CC1. The Bertz CT molecular complexity index is 1320. The number of imidazole rings is 1. The van der Waals surface area contributed by atoms with Crippen molar-refractivity contribution >= 4 is 28.9 Å². The molecule has 2 aliphatic rings. The number of carbonyl (C=O) groups is 2. The molecule has 0 unspecified atom stereocenters. The van der Waals surface area contributed by atoms with Crippen LogP contribution in [-0.2, 0) is 16.1 Å². The molecule has 0 radical (unpaired) electrons. The third kappa shape index (κ3) is 5.60. The van der Waals surface area contributed by atoms with Crippen molar-refractivity contribution in [1.29, 1.82) is 0 Å². The lowest BCUT2D eigenvalue weighted by molar-refractivity contribution is -0.146. The molecule has 2 aromatic carbocycles. The van der Waals surface area contributed by atoms with E-state index < -0.39 is 0 Å². The summed E-state index contributed by atoms with van der Waals surface area (Å²) in [5, 5.41) is 3.10. The van der Waals surface area contributed by atoms with Crippen LogP contribution in [0.25, 0.3) is 11.0 Å². The molecule has 7 nitrogen and oxygen atoms in total. The van der Waals surface area contributed by atoms with Gasteiger partial charge in [-0.15, -0.1) is 0 Å². The maximum atomic E-state index is 13.1. The molecule has 1 aliphatic carbocycles. The molecule has 5 rings (SSSR count). The van der Waals surface area contributed by atoms with E-state index in [1.54, 1.807) is 0 Å². The molecule has 1 N–H and O–H groups in total. The average molecular weight is 531 g/mol. The standard InChI is InChI=1S/C32H42N4O3/c1-31(2)18-9-19-32(3,4)35(31)21-22-12-17-26-27(20-22)36(25-15-13-24(14-16-25)29(38)39-5)30(33-26)34-28(37)23-10-7-6-8-11-23/h6-8,10-12,17,20,24-25H,9,13-16,18-19,21H2,1-5H3,(H,33,34,37)/t24-,25+. The fraction of sp³-hybridized carbons (Fsp3) is 0.531. The number of anilines is 1. The molecule has 2 heterocycles. The topological polar surface area (TPSA) is 76.5 Å². The number of hydrogen-bond acceptors (Lipinski definition) is 5. The quantitative estimate of drug-likeness (QED) is 0.357. The van der Waals surface area contributed by atoms with E-state index in [0.29, 0.717) is 11.5 Å². The fourth-order valence-electron chi connectivity index (χ4n) is 6.85. The van der Waals surface area contributed by atoms with E-state index in [9.17, 15) is 9.59 Å². The Labute approximate surface area is 231 Å². The Morgan fingerprint density at radius 3 is 2.28 bits per heavy atom. The molecule has 1 aliphatic heterocycles. The van der Waals surface area contributed by atoms with E-state index in [1.165, 1.54) is 31.9 Å². The van der Waals surface area contributed by atoms with Gasteiger partial charge in [0.1, 0.15) is 0 Å². The average Bonchev–Trinajstić information content (AvgIpc) is 3.27. The summed E-state index contributed by atoms with van der Waals surface area (Å²) in [5.41, 5.74) is 3.99. The largest absolute Gasteiger partial charge is 0.469 e. The molecule has 2 fully saturated rings. The number of fused-ring (bicyclic) bond motifs is 1. The Hall–Kier alpha value is -3.19. The van der Waals surface area contributed by atoms with Gasteiger partial charge in [0.2, 0.25) is 5.95 Å². The number of esters is 1. The second-order valence-electron chi connectivity index (χ2n) is 12.5. The number of nitrogens with one attached hydrogen (secondary N) is 1. The van der Waals surface area contributed by atoms with Gasteiger partial charge in [0.25, 0.3) is 5.91 Å². The Kier molecular flexibility index (Phi) is 7.55. The first-order valence-corrected chi connectivity index (χ1v) is 14.3. The molecule has 1 saturated carbocycles. The zero-order valence-electron chi connectivity index (χ0n) is 24.0. The number of methoxy groups -OCH3 is 1. The summed E-state index contributed by atoms with van der Waals surface area (Å²) in [6.45, 7) is 10.3. The Morgan fingerprint density at radius 2 is 1.64 bits per heavy atom. The summed E-state index contributed by atoms with van der Waals surface area (Å²) in [4.78, 5) is 32.9. The van der Waals surface area contributed by atoms with Crippen LogP contribution in [0, 0.1) is 5.92 Å². The van der Waals surface area contributed by atoms with Crippen molar-refractivity contribution in [2.45, 2.75) is 96.3 Å². The first-order chi connectivity index (χ1) is 18.6. The summed E-state index contributed by atoms with van der Waals surface area (Å²) in [6, 6.07) is 15.9. The number of carbonyl (C=O) groups excluding carboxylic acids is 2. The van der Waals surface area contributed by atoms with Crippen molar-refractivity contribution < 1.29 is 14.3 Å². The molecule has 1 saturated heterocycles. The highest BCUT2D eigenvalue weighted by Crippen LogP contribution is 2.41. The van der Waals surface area contributed by atoms with Crippen molar-refractivity contribution in [1.82, 2.24) is 14.5 Å². The van der Waals surface area contributed by atoms with E-state index >= 15 is 0 Å². The first-order valence-electron chi connectivity index (χ1n) is 14.3. The summed E-state index contributed by atoms with van der Waals surface area (Å²) < 4.78 is 7.22. The van der Waals surface area contributed by atoms with E-state index in [2.05, 4.69) is 60.7 Å². The lowest BCUT2D eigenvalue weighted by atomic mass is 9.79. The third-order valence-electron chi connectivity index (χ3n) is 8.99. The van der Waals surface area contributed by atoms with Crippen LogP contribution in [0.4, 0.5) is 5.95 Å². The van der Waals surface area contributed by atoms with Crippen molar-refractivity contribution in [2.24, 2.45) is 5.92 Å². The third-order valence-corrected chi connectivity index (χ3v) is 8.99. The maximum Gasteiger partial charge on any atom is 0.308 e. The van der Waals surface area contributed by atoms with Crippen molar-refractivity contribution in [2.75, 3.05) is 12.4 Å². The predicted octanol–water partition coefficient (Wildman–Crippen LogP) is 6.74. The van der Waals surface area contributed by atoms with Crippen LogP contribution in [0.1, 0.15) is 94.6 Å². The second-order valence-corrected chi connectivity index (χ2v) is 12.5. The van der Waals surface area contributed by atoms with Gasteiger partial charge in [-0.25, -0.2) is 4.98 Å². The van der Waals surface area contributed by atoms with Gasteiger partial charge in [0.05, 0.1) is 24.1 Å². The molecule has 1 aromatic heterocycles. The summed E-state index contributed by atoms with van der Waals surface area (Å²) in [7, 11) is 1.46. The van der Waals surface area contributed by atoms with Crippen LogP contribution in [0.5, 0.6) is 0 Å². The molecule has 0 atom stereocenters. The van der Waals surface area contributed by atoms with Crippen LogP contribution in [-0.4, -0.2) is 44.5 Å². The molecule has 7 heteroatoms. The van der Waals surface area contributed by atoms with E-state index in [0.717, 1.165) is 43.3 Å². The van der Waals surface area contributed by atoms with Crippen molar-refractivity contribution in [3.63, 3.8) is 0 Å². The van der Waals surface area contributed by atoms with E-state index in [1.807, 2.05) is 30.3 Å². The molecule has 1 amide bonds. The normalized spacial score (nSPS) is 22.9. The monoisotopic (exact) mass is 530 g/mol. The number of nitrogens with zero attached hydrogens (tertiary/aromatic N) is 3. The van der Waals surface area contributed by atoms with Crippen LogP contribution in [0.2, 0.25) is 0 Å². The summed E-state index contributed by atoms with van der Waals surface area (Å²) in [5.74, 6) is 0.196. The van der Waals surface area contributed by atoms with Gasteiger partial charge < -0.3 is 9.30 Å². The molecule has 3 aromatic rings.